The summed E-state index contributed by atoms with van der Waals surface area (Å²) in [5.74, 6) is -1.13. The molecule has 0 aromatic heterocycles. The molecule has 5 atom stereocenters. The summed E-state index contributed by atoms with van der Waals surface area (Å²) in [5, 5.41) is 30.1. The second-order valence-electron chi connectivity index (χ2n) is 6.69. The van der Waals surface area contributed by atoms with Crippen LogP contribution in [-0.4, -0.2) is 69.7 Å². The zero-order chi connectivity index (χ0) is 15.8. The lowest BCUT2D eigenvalue weighted by molar-refractivity contribution is -0.186. The zero-order valence-electron chi connectivity index (χ0n) is 13.0. The normalized spacial score (nSPS) is 33.8. The SMILES string of the molecule is CC(C)[C@@](O)(C(=O)OC[C@@H]1CCN2CC[C@H](O)[C@@H]12)[C@@H](C)O. The molecule has 6 nitrogen and oxygen atoms in total. The number of hydrogen-bond donors (Lipinski definition) is 3. The van der Waals surface area contributed by atoms with E-state index in [1.54, 1.807) is 13.8 Å². The third-order valence-electron chi connectivity index (χ3n) is 5.07. The molecule has 0 aliphatic carbocycles. The molecule has 2 heterocycles. The van der Waals surface area contributed by atoms with Crippen molar-refractivity contribution in [1.29, 1.82) is 0 Å². The fraction of sp³-hybridized carbons (Fsp3) is 0.933. The van der Waals surface area contributed by atoms with Crippen molar-refractivity contribution in [3.8, 4) is 0 Å². The van der Waals surface area contributed by atoms with Crippen LogP contribution in [0, 0.1) is 11.8 Å². The Bertz CT molecular complexity index is 376. The van der Waals surface area contributed by atoms with Crippen molar-refractivity contribution >= 4 is 5.97 Å². The number of rotatable bonds is 5. The van der Waals surface area contributed by atoms with Gasteiger partial charge in [-0.1, -0.05) is 13.8 Å². The Morgan fingerprint density at radius 3 is 2.52 bits per heavy atom. The molecule has 2 rings (SSSR count). The highest BCUT2D eigenvalue weighted by Crippen LogP contribution is 2.33. The first-order valence-electron chi connectivity index (χ1n) is 7.78. The highest BCUT2D eigenvalue weighted by atomic mass is 16.6. The molecule has 0 radical (unpaired) electrons. The Hall–Kier alpha value is -0.690. The number of aliphatic hydroxyl groups excluding tert-OH is 2. The summed E-state index contributed by atoms with van der Waals surface area (Å²) in [6.07, 6.45) is 0.0850. The molecule has 0 unspecified atom stereocenters. The van der Waals surface area contributed by atoms with Gasteiger partial charge >= 0.3 is 5.97 Å². The maximum Gasteiger partial charge on any atom is 0.341 e. The van der Waals surface area contributed by atoms with Crippen LogP contribution in [0.5, 0.6) is 0 Å². The van der Waals surface area contributed by atoms with Crippen molar-refractivity contribution < 1.29 is 24.9 Å². The first kappa shape index (κ1) is 16.7. The third kappa shape index (κ3) is 2.95. The van der Waals surface area contributed by atoms with Gasteiger partial charge < -0.3 is 20.1 Å². The smallest absolute Gasteiger partial charge is 0.341 e. The number of fused-ring (bicyclic) bond motifs is 1. The molecule has 0 amide bonds. The molecule has 0 aromatic carbocycles. The minimum absolute atomic E-state index is 0.0523. The minimum atomic E-state index is -1.88. The lowest BCUT2D eigenvalue weighted by Crippen LogP contribution is -2.53. The number of esters is 1. The fourth-order valence-electron chi connectivity index (χ4n) is 3.61. The van der Waals surface area contributed by atoms with Gasteiger partial charge in [0.05, 0.1) is 18.8 Å². The Kier molecular flexibility index (Phi) is 4.92. The van der Waals surface area contributed by atoms with Crippen molar-refractivity contribution in [2.45, 2.75) is 57.5 Å². The van der Waals surface area contributed by atoms with Gasteiger partial charge in [0.15, 0.2) is 5.60 Å². The van der Waals surface area contributed by atoms with Crippen LogP contribution in [-0.2, 0) is 9.53 Å². The van der Waals surface area contributed by atoms with E-state index in [2.05, 4.69) is 4.90 Å². The number of nitrogens with zero attached hydrogens (tertiary/aromatic N) is 1. The second kappa shape index (κ2) is 6.20. The molecule has 3 N–H and O–H groups in total. The van der Waals surface area contributed by atoms with Gasteiger partial charge in [0.2, 0.25) is 0 Å². The molecule has 2 saturated heterocycles. The van der Waals surface area contributed by atoms with Crippen molar-refractivity contribution in [1.82, 2.24) is 4.90 Å². The van der Waals surface area contributed by atoms with E-state index in [9.17, 15) is 20.1 Å². The first-order valence-corrected chi connectivity index (χ1v) is 7.78. The number of aliphatic hydroxyl groups is 3. The van der Waals surface area contributed by atoms with Gasteiger partial charge in [-0.2, -0.15) is 0 Å². The Morgan fingerprint density at radius 2 is 1.95 bits per heavy atom. The van der Waals surface area contributed by atoms with E-state index in [0.29, 0.717) is 0 Å². The zero-order valence-corrected chi connectivity index (χ0v) is 13.0. The van der Waals surface area contributed by atoms with E-state index in [1.165, 1.54) is 6.92 Å². The topological polar surface area (TPSA) is 90.2 Å². The van der Waals surface area contributed by atoms with E-state index >= 15 is 0 Å². The summed E-state index contributed by atoms with van der Waals surface area (Å²) in [6.45, 7) is 6.71. The average Bonchev–Trinajstić information content (AvgIpc) is 2.98. The first-order chi connectivity index (χ1) is 9.78. The molecule has 0 saturated carbocycles. The van der Waals surface area contributed by atoms with E-state index in [4.69, 9.17) is 4.74 Å². The maximum atomic E-state index is 12.2. The standard InChI is InChI=1S/C15H27NO5/c1-9(2)15(20,10(3)17)14(19)21-8-11-4-6-16-7-5-12(18)13(11)16/h9-13,17-18,20H,4-8H2,1-3H3/t10-,11+,12+,13-,15+/m1/s1. The van der Waals surface area contributed by atoms with Crippen molar-refractivity contribution in [2.75, 3.05) is 19.7 Å². The Labute approximate surface area is 125 Å². The number of carbonyl (C=O) groups is 1. The van der Waals surface area contributed by atoms with Crippen LogP contribution in [0.1, 0.15) is 33.6 Å². The van der Waals surface area contributed by atoms with Crippen molar-refractivity contribution in [2.24, 2.45) is 11.8 Å². The van der Waals surface area contributed by atoms with Crippen LogP contribution in [0.25, 0.3) is 0 Å². The summed E-state index contributed by atoms with van der Waals surface area (Å²) in [7, 11) is 0. The Morgan fingerprint density at radius 1 is 1.33 bits per heavy atom. The van der Waals surface area contributed by atoms with Gasteiger partial charge in [-0.15, -0.1) is 0 Å². The largest absolute Gasteiger partial charge is 0.463 e. The Balaban J connectivity index is 1.95. The predicted octanol–water partition coefficient (Wildman–Crippen LogP) is -0.247. The van der Waals surface area contributed by atoms with E-state index in [1.807, 2.05) is 0 Å². The molecular weight excluding hydrogens is 274 g/mol. The second-order valence-corrected chi connectivity index (χ2v) is 6.69. The lowest BCUT2D eigenvalue weighted by atomic mass is 9.85. The van der Waals surface area contributed by atoms with Gasteiger partial charge in [-0.25, -0.2) is 4.79 Å². The molecular formula is C15H27NO5. The van der Waals surface area contributed by atoms with Gasteiger partial charge in [-0.05, 0) is 32.2 Å². The molecule has 2 aliphatic rings. The average molecular weight is 301 g/mol. The quantitative estimate of drug-likeness (QED) is 0.607. The molecule has 21 heavy (non-hydrogen) atoms. The predicted molar refractivity (Wildman–Crippen MR) is 76.5 cm³/mol. The van der Waals surface area contributed by atoms with Crippen LogP contribution in [0.4, 0.5) is 0 Å². The molecule has 0 spiro atoms. The van der Waals surface area contributed by atoms with Crippen LogP contribution in [0.3, 0.4) is 0 Å². The molecule has 0 aromatic rings. The van der Waals surface area contributed by atoms with Gasteiger partial charge in [0.25, 0.3) is 0 Å². The van der Waals surface area contributed by atoms with Crippen LogP contribution in [0.2, 0.25) is 0 Å². The lowest BCUT2D eigenvalue weighted by Gasteiger charge is -2.33. The minimum Gasteiger partial charge on any atom is -0.463 e. The number of hydrogen-bond acceptors (Lipinski definition) is 6. The summed E-state index contributed by atoms with van der Waals surface area (Å²) in [6, 6.07) is 0.0523. The van der Waals surface area contributed by atoms with Gasteiger partial charge in [0, 0.05) is 18.5 Å². The van der Waals surface area contributed by atoms with Gasteiger partial charge in [-0.3, -0.25) is 4.90 Å². The number of carbonyl (C=O) groups excluding carboxylic acids is 1. The summed E-state index contributed by atoms with van der Waals surface area (Å²) >= 11 is 0. The van der Waals surface area contributed by atoms with E-state index in [-0.39, 0.29) is 24.7 Å². The molecule has 122 valence electrons. The number of ether oxygens (including phenoxy) is 1. The van der Waals surface area contributed by atoms with Crippen molar-refractivity contribution in [3.63, 3.8) is 0 Å². The highest BCUT2D eigenvalue weighted by molar-refractivity contribution is 5.80. The molecule has 2 fully saturated rings. The summed E-state index contributed by atoms with van der Waals surface area (Å²) in [5.41, 5.74) is -1.88. The molecule has 6 heteroatoms. The van der Waals surface area contributed by atoms with Crippen LogP contribution < -0.4 is 0 Å². The molecule has 2 aliphatic heterocycles. The van der Waals surface area contributed by atoms with E-state index in [0.717, 1.165) is 25.9 Å². The van der Waals surface area contributed by atoms with Crippen LogP contribution >= 0.6 is 0 Å². The fourth-order valence-corrected chi connectivity index (χ4v) is 3.61. The van der Waals surface area contributed by atoms with Gasteiger partial charge in [0.1, 0.15) is 0 Å². The molecule has 0 bridgehead atoms. The highest BCUT2D eigenvalue weighted by Gasteiger charge is 2.47. The van der Waals surface area contributed by atoms with E-state index < -0.39 is 23.6 Å². The van der Waals surface area contributed by atoms with Crippen LogP contribution in [0.15, 0.2) is 0 Å². The summed E-state index contributed by atoms with van der Waals surface area (Å²) < 4.78 is 5.28. The maximum absolute atomic E-state index is 12.2. The third-order valence-corrected chi connectivity index (χ3v) is 5.07. The monoisotopic (exact) mass is 301 g/mol. The summed E-state index contributed by atoms with van der Waals surface area (Å²) in [4.78, 5) is 14.4. The van der Waals surface area contributed by atoms with Crippen molar-refractivity contribution in [3.05, 3.63) is 0 Å².